The third-order valence-corrected chi connectivity index (χ3v) is 4.14. The third kappa shape index (κ3) is 5.46. The highest BCUT2D eigenvalue weighted by molar-refractivity contribution is 6.15. The second kappa shape index (κ2) is 10.7. The van der Waals surface area contributed by atoms with Crippen LogP contribution >= 0.6 is 0 Å². The van der Waals surface area contributed by atoms with Gasteiger partial charge in [-0.15, -0.1) is 0 Å². The summed E-state index contributed by atoms with van der Waals surface area (Å²) >= 11 is 0. The molecule has 0 amide bonds. The highest BCUT2D eigenvalue weighted by atomic mass is 19.2. The van der Waals surface area contributed by atoms with Crippen LogP contribution in [-0.4, -0.2) is 41.7 Å². The molecular weight excluding hydrogens is 425 g/mol. The second-order valence-corrected chi connectivity index (χ2v) is 6.23. The number of nitrogens with zero attached hydrogens (tertiary/aromatic N) is 1. The number of hydrogen-bond acceptors (Lipinski definition) is 5. The zero-order valence-electron chi connectivity index (χ0n) is 16.2. The van der Waals surface area contributed by atoms with Gasteiger partial charge >= 0.3 is 5.97 Å². The number of esters is 1. The minimum atomic E-state index is -2.42. The van der Waals surface area contributed by atoms with Crippen LogP contribution in [-0.2, 0) is 16.0 Å². The number of aliphatic imine (C=N–C) groups is 1. The van der Waals surface area contributed by atoms with Crippen molar-refractivity contribution in [3.63, 3.8) is 0 Å². The summed E-state index contributed by atoms with van der Waals surface area (Å²) < 4.78 is 73.1. The molecule has 2 rings (SSSR count). The Hall–Kier alpha value is -3.27. The summed E-state index contributed by atoms with van der Waals surface area (Å²) in [4.78, 5) is 16.1. The molecule has 0 fully saturated rings. The topological polar surface area (TPSA) is 79.1 Å². The fourth-order valence-corrected chi connectivity index (χ4v) is 2.60. The molecule has 5 nitrogen and oxygen atoms in total. The molecule has 1 unspecified atom stereocenters. The van der Waals surface area contributed by atoms with Gasteiger partial charge in [0.2, 0.25) is 5.82 Å². The first-order valence-electron chi connectivity index (χ1n) is 9.02. The van der Waals surface area contributed by atoms with E-state index in [-0.39, 0.29) is 13.0 Å². The number of aliphatic hydroxyl groups excluding tert-OH is 2. The Balaban J connectivity index is 2.55. The van der Waals surface area contributed by atoms with E-state index in [1.807, 2.05) is 0 Å². The fourth-order valence-electron chi connectivity index (χ4n) is 2.60. The van der Waals surface area contributed by atoms with Crippen LogP contribution in [0.5, 0.6) is 0 Å². The maximum atomic E-state index is 14.1. The summed E-state index contributed by atoms with van der Waals surface area (Å²) in [5, 5.41) is 19.8. The van der Waals surface area contributed by atoms with Gasteiger partial charge in [0.05, 0.1) is 24.8 Å². The lowest BCUT2D eigenvalue weighted by atomic mass is 10.1. The first-order chi connectivity index (χ1) is 14.7. The fraction of sp³-hybridized carbons (Fsp3) is 0.238. The van der Waals surface area contributed by atoms with E-state index in [2.05, 4.69) is 9.73 Å². The average Bonchev–Trinajstić information content (AvgIpc) is 2.76. The van der Waals surface area contributed by atoms with Gasteiger partial charge in [-0.1, -0.05) is 30.3 Å². The van der Waals surface area contributed by atoms with E-state index in [0.29, 0.717) is 6.21 Å². The summed E-state index contributed by atoms with van der Waals surface area (Å²) in [6.45, 7) is 0.687. The van der Waals surface area contributed by atoms with Gasteiger partial charge in [0.25, 0.3) is 0 Å². The van der Waals surface area contributed by atoms with Crippen LogP contribution in [0.2, 0.25) is 0 Å². The van der Waals surface area contributed by atoms with Crippen molar-refractivity contribution in [2.75, 3.05) is 13.2 Å². The summed E-state index contributed by atoms with van der Waals surface area (Å²) in [5.41, 5.74) is -1.88. The number of halogens is 5. The van der Waals surface area contributed by atoms with Crippen molar-refractivity contribution in [2.45, 2.75) is 19.4 Å². The minimum absolute atomic E-state index is 0.202. The molecule has 166 valence electrons. The van der Waals surface area contributed by atoms with Crippen LogP contribution in [0.15, 0.2) is 40.9 Å². The van der Waals surface area contributed by atoms with E-state index in [1.165, 1.54) is 6.92 Å². The molecular formula is C21H18F5NO4. The Labute approximate surface area is 174 Å². The smallest absolute Gasteiger partial charge is 0.343 e. The molecule has 0 heterocycles. The number of rotatable bonds is 8. The molecule has 0 aliphatic rings. The standard InChI is InChI=1S/C21H18F5NO4/c1-2-31-21(30)13(9-27-12(10-28)8-11-6-4-3-5-7-11)20(29)14-15(22)17(24)19(26)18(25)16(14)23/h3-7,9,12,28-29H,2,8,10H2,1H3. The van der Waals surface area contributed by atoms with Crippen molar-refractivity contribution < 1.29 is 41.7 Å². The van der Waals surface area contributed by atoms with Crippen LogP contribution < -0.4 is 0 Å². The van der Waals surface area contributed by atoms with Crippen molar-refractivity contribution >= 4 is 17.9 Å². The van der Waals surface area contributed by atoms with Crippen LogP contribution in [0, 0.1) is 29.1 Å². The maximum Gasteiger partial charge on any atom is 0.343 e. The summed E-state index contributed by atoms with van der Waals surface area (Å²) in [6.07, 6.45) is 0.864. The predicted octanol–water partition coefficient (Wildman–Crippen LogP) is 3.89. The minimum Gasteiger partial charge on any atom is -0.506 e. The molecule has 1 atom stereocenters. The zero-order valence-corrected chi connectivity index (χ0v) is 16.2. The highest BCUT2D eigenvalue weighted by Gasteiger charge is 2.30. The van der Waals surface area contributed by atoms with Crippen LogP contribution in [0.25, 0.3) is 5.76 Å². The van der Waals surface area contributed by atoms with E-state index < -0.39 is 64.6 Å². The Bertz CT molecular complexity index is 980. The molecule has 0 saturated carbocycles. The molecule has 0 radical (unpaired) electrons. The average molecular weight is 443 g/mol. The predicted molar refractivity (Wildman–Crippen MR) is 102 cm³/mol. The summed E-state index contributed by atoms with van der Waals surface area (Å²) in [5.74, 6) is -14.5. The lowest BCUT2D eigenvalue weighted by molar-refractivity contribution is -0.137. The Morgan fingerprint density at radius 3 is 2.10 bits per heavy atom. The maximum absolute atomic E-state index is 14.1. The van der Waals surface area contributed by atoms with Gasteiger partial charge in [-0.2, -0.15) is 0 Å². The molecule has 0 spiro atoms. The number of ether oxygens (including phenoxy) is 1. The number of carbonyl (C=O) groups excluding carboxylic acids is 1. The SMILES string of the molecule is CCOC(=O)C(C=NC(CO)Cc1ccccc1)=C(O)c1c(F)c(F)c(F)c(F)c1F. The molecule has 31 heavy (non-hydrogen) atoms. The van der Waals surface area contributed by atoms with E-state index in [4.69, 9.17) is 0 Å². The van der Waals surface area contributed by atoms with Gasteiger partial charge in [-0.3, -0.25) is 4.99 Å². The third-order valence-electron chi connectivity index (χ3n) is 4.14. The van der Waals surface area contributed by atoms with Gasteiger partial charge in [-0.05, 0) is 18.9 Å². The lowest BCUT2D eigenvalue weighted by Crippen LogP contribution is -2.18. The first kappa shape index (κ1) is 24.0. The van der Waals surface area contributed by atoms with Gasteiger partial charge in [-0.25, -0.2) is 26.7 Å². The molecule has 0 bridgehead atoms. The Morgan fingerprint density at radius 1 is 1.03 bits per heavy atom. The molecule has 0 aromatic heterocycles. The Morgan fingerprint density at radius 2 is 1.58 bits per heavy atom. The quantitative estimate of drug-likeness (QED) is 0.123. The van der Waals surface area contributed by atoms with Crippen LogP contribution in [0.4, 0.5) is 22.0 Å². The molecule has 2 aromatic carbocycles. The van der Waals surface area contributed by atoms with E-state index in [9.17, 15) is 37.0 Å². The molecule has 10 heteroatoms. The molecule has 0 aliphatic carbocycles. The molecule has 2 aromatic rings. The molecule has 2 N–H and O–H groups in total. The van der Waals surface area contributed by atoms with E-state index in [1.54, 1.807) is 30.3 Å². The van der Waals surface area contributed by atoms with Gasteiger partial charge in [0.15, 0.2) is 23.3 Å². The molecule has 0 aliphatic heterocycles. The van der Waals surface area contributed by atoms with Crippen LogP contribution in [0.3, 0.4) is 0 Å². The summed E-state index contributed by atoms with van der Waals surface area (Å²) in [6, 6.07) is 7.90. The van der Waals surface area contributed by atoms with Crippen molar-refractivity contribution in [3.8, 4) is 0 Å². The van der Waals surface area contributed by atoms with Crippen molar-refractivity contribution in [1.82, 2.24) is 0 Å². The number of aliphatic hydroxyl groups is 2. The highest BCUT2D eigenvalue weighted by Crippen LogP contribution is 2.29. The monoisotopic (exact) mass is 443 g/mol. The van der Waals surface area contributed by atoms with Crippen LogP contribution in [0.1, 0.15) is 18.1 Å². The molecule has 0 saturated heterocycles. The largest absolute Gasteiger partial charge is 0.506 e. The summed E-state index contributed by atoms with van der Waals surface area (Å²) in [7, 11) is 0. The van der Waals surface area contributed by atoms with E-state index >= 15 is 0 Å². The van der Waals surface area contributed by atoms with Crippen molar-refractivity contribution in [1.29, 1.82) is 0 Å². The Kier molecular flexibility index (Phi) is 8.26. The normalized spacial score (nSPS) is 13.3. The second-order valence-electron chi connectivity index (χ2n) is 6.23. The number of benzene rings is 2. The van der Waals surface area contributed by atoms with Crippen molar-refractivity contribution in [3.05, 3.63) is 76.1 Å². The van der Waals surface area contributed by atoms with Crippen molar-refractivity contribution in [2.24, 2.45) is 4.99 Å². The van der Waals surface area contributed by atoms with Gasteiger partial charge in [0.1, 0.15) is 11.3 Å². The van der Waals surface area contributed by atoms with E-state index in [0.717, 1.165) is 5.56 Å². The zero-order chi connectivity index (χ0) is 23.1. The van der Waals surface area contributed by atoms with Gasteiger partial charge < -0.3 is 14.9 Å². The number of carbonyl (C=O) groups is 1. The first-order valence-corrected chi connectivity index (χ1v) is 9.02. The number of hydrogen-bond donors (Lipinski definition) is 2. The van der Waals surface area contributed by atoms with Gasteiger partial charge in [0, 0.05) is 6.21 Å². The lowest BCUT2D eigenvalue weighted by Gasteiger charge is -2.12.